The number of carbonyl (C=O) groups is 3. The van der Waals surface area contributed by atoms with E-state index in [1.165, 1.54) is 47.4 Å². The average molecular weight is 693 g/mol. The molecular formula is C37H29ClN4O6S. The fraction of sp³-hybridized carbons (Fsp3) is 0.0811. The number of nitro groups is 1. The van der Waals surface area contributed by atoms with Crippen molar-refractivity contribution in [3.63, 3.8) is 0 Å². The number of amides is 3. The quantitative estimate of drug-likeness (QED) is 0.0555. The van der Waals surface area contributed by atoms with Gasteiger partial charge in [0.15, 0.2) is 5.17 Å². The van der Waals surface area contributed by atoms with Crippen LogP contribution in [0.2, 0.25) is 5.02 Å². The first-order valence-corrected chi connectivity index (χ1v) is 16.3. The number of thioether (sulfide) groups is 1. The van der Waals surface area contributed by atoms with E-state index in [2.05, 4.69) is 16.9 Å². The molecule has 0 fully saturated rings. The maximum absolute atomic E-state index is 14.0. The van der Waals surface area contributed by atoms with Gasteiger partial charge >= 0.3 is 0 Å². The maximum atomic E-state index is 14.0. The Balaban J connectivity index is 1.42. The number of non-ortho nitro benzene ring substituents is 1. The monoisotopic (exact) mass is 692 g/mol. The number of benzene rings is 3. The highest BCUT2D eigenvalue weighted by molar-refractivity contribution is 8.14. The highest BCUT2D eigenvalue weighted by Gasteiger charge is 2.35. The maximum Gasteiger partial charge on any atom is 0.285 e. The Morgan fingerprint density at radius 1 is 1.06 bits per heavy atom. The zero-order chi connectivity index (χ0) is 34.9. The van der Waals surface area contributed by atoms with Crippen LogP contribution in [0.1, 0.15) is 29.9 Å². The highest BCUT2D eigenvalue weighted by Crippen LogP contribution is 2.34. The predicted octanol–water partition coefficient (Wildman–Crippen LogP) is 7.90. The molecule has 0 saturated heterocycles. The van der Waals surface area contributed by atoms with Gasteiger partial charge in [-0.05, 0) is 48.4 Å². The third-order valence-electron chi connectivity index (χ3n) is 7.25. The Kier molecular flexibility index (Phi) is 11.2. The largest absolute Gasteiger partial charge is 0.457 e. The second-order valence-electron chi connectivity index (χ2n) is 10.4. The van der Waals surface area contributed by atoms with Crippen LogP contribution in [-0.2, 0) is 14.4 Å². The molecule has 0 radical (unpaired) electrons. The molecule has 0 unspecified atom stereocenters. The van der Waals surface area contributed by atoms with Crippen molar-refractivity contribution < 1.29 is 23.7 Å². The number of nitrogens with one attached hydrogen (secondary N) is 1. The minimum atomic E-state index is -0.829. The Morgan fingerprint density at radius 3 is 2.35 bits per heavy atom. The predicted molar refractivity (Wildman–Crippen MR) is 191 cm³/mol. The smallest absolute Gasteiger partial charge is 0.285 e. The highest BCUT2D eigenvalue weighted by atomic mass is 35.5. The Morgan fingerprint density at radius 2 is 1.73 bits per heavy atom. The lowest BCUT2D eigenvalue weighted by atomic mass is 9.99. The van der Waals surface area contributed by atoms with Gasteiger partial charge in [0, 0.05) is 23.4 Å². The summed E-state index contributed by atoms with van der Waals surface area (Å²) in [6.07, 6.45) is 7.71. The summed E-state index contributed by atoms with van der Waals surface area (Å²) in [5, 5.41) is 14.6. The molecule has 3 aromatic carbocycles. The fourth-order valence-electron chi connectivity index (χ4n) is 4.93. The molecule has 10 nitrogen and oxygen atoms in total. The van der Waals surface area contributed by atoms with Crippen molar-refractivity contribution in [1.29, 1.82) is 0 Å². The van der Waals surface area contributed by atoms with E-state index in [4.69, 9.17) is 16.0 Å². The van der Waals surface area contributed by atoms with Crippen molar-refractivity contribution in [3.8, 4) is 11.3 Å². The standard InChI is InChI=1S/C37H29ClN4O6S/c1-3-5-16-26(4-2)41-36(45)30(22-28-18-20-32(48-28)29-21-27(42(46)47)17-19-31(29)38)35(44)40-37(41)49-23-33(43)39-34(24-12-8-6-9-13-24)25-14-10-7-11-15-25/h3-22,34H,1,23H2,2H3,(H,39,43)/b16-5-,26-4+,30-22+. The number of furan rings is 1. The number of hydrogen-bond donors (Lipinski definition) is 1. The second kappa shape index (κ2) is 15.9. The molecule has 0 atom stereocenters. The van der Waals surface area contributed by atoms with Crippen LogP contribution in [0.15, 0.2) is 143 Å². The van der Waals surface area contributed by atoms with Gasteiger partial charge in [-0.15, -0.1) is 0 Å². The molecule has 5 rings (SSSR count). The first-order valence-electron chi connectivity index (χ1n) is 14.9. The van der Waals surface area contributed by atoms with Gasteiger partial charge in [-0.3, -0.25) is 29.4 Å². The van der Waals surface area contributed by atoms with E-state index in [9.17, 15) is 24.5 Å². The third kappa shape index (κ3) is 8.21. The van der Waals surface area contributed by atoms with E-state index in [0.717, 1.165) is 22.9 Å². The lowest BCUT2D eigenvalue weighted by Crippen LogP contribution is -2.42. The molecule has 1 N–H and O–H groups in total. The number of nitrogens with zero attached hydrogens (tertiary/aromatic N) is 3. The molecule has 246 valence electrons. The van der Waals surface area contributed by atoms with E-state index in [0.29, 0.717) is 5.70 Å². The van der Waals surface area contributed by atoms with E-state index in [1.54, 1.807) is 25.2 Å². The summed E-state index contributed by atoms with van der Waals surface area (Å²) < 4.78 is 5.83. The van der Waals surface area contributed by atoms with Crippen molar-refractivity contribution in [2.75, 3.05) is 5.75 Å². The van der Waals surface area contributed by atoms with Crippen LogP contribution < -0.4 is 5.32 Å². The van der Waals surface area contributed by atoms with E-state index >= 15 is 0 Å². The van der Waals surface area contributed by atoms with Crippen LogP contribution in [0.5, 0.6) is 0 Å². The lowest BCUT2D eigenvalue weighted by Gasteiger charge is -2.28. The van der Waals surface area contributed by atoms with E-state index in [1.807, 2.05) is 60.7 Å². The topological polar surface area (TPSA) is 135 Å². The minimum absolute atomic E-state index is 0.0172. The summed E-state index contributed by atoms with van der Waals surface area (Å²) >= 11 is 7.22. The molecule has 1 aliphatic heterocycles. The molecule has 0 spiro atoms. The summed E-state index contributed by atoms with van der Waals surface area (Å²) in [6, 6.07) is 25.6. The molecule has 1 aliphatic rings. The summed E-state index contributed by atoms with van der Waals surface area (Å²) in [4.78, 5) is 56.8. The molecule has 4 aromatic rings. The van der Waals surface area contributed by atoms with E-state index < -0.39 is 22.8 Å². The van der Waals surface area contributed by atoms with Crippen molar-refractivity contribution in [1.82, 2.24) is 10.2 Å². The Labute approximate surface area is 291 Å². The lowest BCUT2D eigenvalue weighted by molar-refractivity contribution is -0.384. The van der Waals surface area contributed by atoms with Crippen molar-refractivity contribution >= 4 is 58.0 Å². The van der Waals surface area contributed by atoms with Gasteiger partial charge in [0.2, 0.25) is 5.91 Å². The summed E-state index contributed by atoms with van der Waals surface area (Å²) in [5.74, 6) is -1.67. The molecule has 2 heterocycles. The molecule has 0 saturated carbocycles. The van der Waals surface area contributed by atoms with Crippen molar-refractivity contribution in [2.45, 2.75) is 13.0 Å². The number of hydrogen-bond acceptors (Lipinski definition) is 7. The zero-order valence-corrected chi connectivity index (χ0v) is 27.7. The van der Waals surface area contributed by atoms with Crippen LogP contribution in [0, 0.1) is 10.1 Å². The number of rotatable bonds is 11. The molecule has 1 aromatic heterocycles. The fourth-order valence-corrected chi connectivity index (χ4v) is 5.95. The minimum Gasteiger partial charge on any atom is -0.457 e. The third-order valence-corrected chi connectivity index (χ3v) is 8.52. The zero-order valence-electron chi connectivity index (χ0n) is 26.1. The van der Waals surface area contributed by atoms with E-state index in [-0.39, 0.29) is 50.2 Å². The molecule has 3 amide bonds. The van der Waals surface area contributed by atoms with Gasteiger partial charge in [-0.2, -0.15) is 4.99 Å². The molecule has 12 heteroatoms. The first kappa shape index (κ1) is 34.6. The number of nitro benzene ring substituents is 1. The van der Waals surface area contributed by atoms with Gasteiger partial charge in [0.05, 0.1) is 21.7 Å². The van der Waals surface area contributed by atoms with Crippen LogP contribution in [0.3, 0.4) is 0 Å². The number of aliphatic imine (C=N–C) groups is 1. The van der Waals surface area contributed by atoms with Crippen LogP contribution in [0.4, 0.5) is 5.69 Å². The number of carbonyl (C=O) groups excluding carboxylic acids is 3. The number of allylic oxidation sites excluding steroid dienone is 4. The van der Waals surface area contributed by atoms with Crippen molar-refractivity contribution in [3.05, 3.63) is 165 Å². The average Bonchev–Trinajstić information content (AvgIpc) is 3.58. The van der Waals surface area contributed by atoms with Crippen LogP contribution in [0.25, 0.3) is 17.4 Å². The summed E-state index contributed by atoms with van der Waals surface area (Å²) in [5.41, 5.74) is 1.97. The summed E-state index contributed by atoms with van der Waals surface area (Å²) in [6.45, 7) is 5.41. The second-order valence-corrected chi connectivity index (χ2v) is 11.8. The number of amidine groups is 1. The van der Waals surface area contributed by atoms with Crippen molar-refractivity contribution in [2.24, 2.45) is 4.99 Å². The first-order chi connectivity index (χ1) is 23.7. The number of halogens is 1. The Bertz CT molecular complexity index is 2000. The molecule has 49 heavy (non-hydrogen) atoms. The van der Waals surface area contributed by atoms with Gasteiger partial charge in [0.1, 0.15) is 17.1 Å². The molecular weight excluding hydrogens is 664 g/mol. The van der Waals surface area contributed by atoms with Gasteiger partial charge in [0.25, 0.3) is 17.5 Å². The van der Waals surface area contributed by atoms with Gasteiger partial charge < -0.3 is 9.73 Å². The normalized spacial score (nSPS) is 14.4. The van der Waals surface area contributed by atoms with Crippen LogP contribution in [-0.4, -0.2) is 38.5 Å². The molecule has 0 aliphatic carbocycles. The summed E-state index contributed by atoms with van der Waals surface area (Å²) in [7, 11) is 0. The van der Waals surface area contributed by atoms with Gasteiger partial charge in [-0.25, -0.2) is 0 Å². The molecule has 0 bridgehead atoms. The van der Waals surface area contributed by atoms with Crippen LogP contribution >= 0.6 is 23.4 Å². The Hall–Kier alpha value is -5.78. The SMILES string of the molecule is C=C/C=C\C(=C/C)N1C(=O)/C(=C/c2ccc(-c3cc([N+](=O)[O-])ccc3Cl)o2)C(=O)N=C1SCC(=O)NC(c1ccccc1)c1ccccc1. The van der Waals surface area contributed by atoms with Gasteiger partial charge in [-0.1, -0.05) is 109 Å².